The van der Waals surface area contributed by atoms with Crippen molar-refractivity contribution in [2.75, 3.05) is 13.1 Å². The second-order valence-electron chi connectivity index (χ2n) is 2.03. The summed E-state index contributed by atoms with van der Waals surface area (Å²) in [5.74, 6) is 0.138. The number of nitrogens with zero attached hydrogens (tertiary/aromatic N) is 1. The molecular weight excluding hydrogens is 106 g/mol. The van der Waals surface area contributed by atoms with Gasteiger partial charge in [0.25, 0.3) is 0 Å². The second kappa shape index (κ2) is 2.24. The quantitative estimate of drug-likeness (QED) is 0.484. The van der Waals surface area contributed by atoms with Crippen LogP contribution >= 0.6 is 0 Å². The van der Waals surface area contributed by atoms with Crippen LogP contribution in [0, 0.1) is 0 Å². The highest BCUT2D eigenvalue weighted by Gasteiger charge is 2.13. The molecule has 1 rings (SSSR count). The maximum Gasteiger partial charge on any atom is 0.149 e. The zero-order chi connectivity index (χ0) is 5.98. The first-order chi connectivity index (χ1) is 3.79. The third-order valence-corrected chi connectivity index (χ3v) is 1.23. The van der Waals surface area contributed by atoms with Gasteiger partial charge in [0.05, 0.1) is 6.54 Å². The van der Waals surface area contributed by atoms with Crippen LogP contribution in [-0.2, 0) is 4.79 Å². The van der Waals surface area contributed by atoms with Crippen molar-refractivity contribution in [3.8, 4) is 0 Å². The molecule has 0 aromatic heterocycles. The largest absolute Gasteiger partial charge is 0.314 e. The molecule has 0 spiro atoms. The van der Waals surface area contributed by atoms with E-state index < -0.39 is 0 Å². The van der Waals surface area contributed by atoms with Crippen LogP contribution in [0.1, 0.15) is 12.8 Å². The molecule has 1 N–H and O–H groups in total. The van der Waals surface area contributed by atoms with Crippen LogP contribution < -0.4 is 0 Å². The molecule has 3 nitrogen and oxygen atoms in total. The van der Waals surface area contributed by atoms with Crippen LogP contribution in [0.25, 0.3) is 0 Å². The third-order valence-electron chi connectivity index (χ3n) is 1.23. The number of ketones is 1. The Kier molecular flexibility index (Phi) is 1.60. The standard InChI is InChI=1S/C5H9NO2/c7-5-2-1-3-6(8)4-5/h8H,1-4H2. The summed E-state index contributed by atoms with van der Waals surface area (Å²) < 4.78 is 0. The van der Waals surface area contributed by atoms with E-state index in [2.05, 4.69) is 0 Å². The van der Waals surface area contributed by atoms with Crippen molar-refractivity contribution in [2.24, 2.45) is 0 Å². The highest BCUT2D eigenvalue weighted by molar-refractivity contribution is 5.80. The van der Waals surface area contributed by atoms with Crippen molar-refractivity contribution in [3.63, 3.8) is 0 Å². The minimum atomic E-state index is 0.138. The Hall–Kier alpha value is -0.410. The number of hydrogen-bond acceptors (Lipinski definition) is 3. The third kappa shape index (κ3) is 1.28. The normalized spacial score (nSPS) is 23.9. The molecular formula is C5H9NO2. The van der Waals surface area contributed by atoms with E-state index >= 15 is 0 Å². The van der Waals surface area contributed by atoms with E-state index in [0.29, 0.717) is 13.0 Å². The molecule has 1 fully saturated rings. The molecule has 1 saturated heterocycles. The average molecular weight is 115 g/mol. The Bertz CT molecular complexity index is 103. The summed E-state index contributed by atoms with van der Waals surface area (Å²) in [6, 6.07) is 0. The first kappa shape index (κ1) is 5.72. The van der Waals surface area contributed by atoms with Crippen molar-refractivity contribution < 1.29 is 10.0 Å². The highest BCUT2D eigenvalue weighted by atomic mass is 16.5. The molecule has 0 aliphatic carbocycles. The maximum atomic E-state index is 10.5. The molecule has 8 heavy (non-hydrogen) atoms. The van der Waals surface area contributed by atoms with Gasteiger partial charge in [-0.1, -0.05) is 0 Å². The van der Waals surface area contributed by atoms with Gasteiger partial charge in [0.1, 0.15) is 5.78 Å². The minimum absolute atomic E-state index is 0.138. The lowest BCUT2D eigenvalue weighted by Gasteiger charge is -2.17. The first-order valence-electron chi connectivity index (χ1n) is 2.74. The summed E-state index contributed by atoms with van der Waals surface area (Å²) in [6.45, 7) is 0.867. The van der Waals surface area contributed by atoms with Gasteiger partial charge in [-0.05, 0) is 6.42 Å². The van der Waals surface area contributed by atoms with Gasteiger partial charge < -0.3 is 5.21 Å². The first-order valence-corrected chi connectivity index (χ1v) is 2.74. The van der Waals surface area contributed by atoms with Gasteiger partial charge in [-0.15, -0.1) is 0 Å². The Balaban J connectivity index is 2.34. The van der Waals surface area contributed by atoms with E-state index in [1.54, 1.807) is 0 Å². The molecule has 1 aliphatic heterocycles. The van der Waals surface area contributed by atoms with Crippen molar-refractivity contribution >= 4 is 5.78 Å². The Morgan fingerprint density at radius 3 is 2.75 bits per heavy atom. The van der Waals surface area contributed by atoms with E-state index in [4.69, 9.17) is 5.21 Å². The summed E-state index contributed by atoms with van der Waals surface area (Å²) in [4.78, 5) is 10.5. The zero-order valence-corrected chi connectivity index (χ0v) is 4.63. The molecule has 0 atom stereocenters. The molecule has 0 aromatic carbocycles. The van der Waals surface area contributed by atoms with Crippen LogP contribution in [0.4, 0.5) is 0 Å². The van der Waals surface area contributed by atoms with E-state index in [1.807, 2.05) is 0 Å². The molecule has 46 valence electrons. The number of hydrogen-bond donors (Lipinski definition) is 1. The number of hydroxylamine groups is 2. The van der Waals surface area contributed by atoms with Crippen molar-refractivity contribution in [2.45, 2.75) is 12.8 Å². The summed E-state index contributed by atoms with van der Waals surface area (Å²) in [5, 5.41) is 9.75. The SMILES string of the molecule is O=C1CCCN(O)C1. The van der Waals surface area contributed by atoms with Gasteiger partial charge in [0, 0.05) is 13.0 Å². The lowest BCUT2D eigenvalue weighted by Crippen LogP contribution is -2.32. The predicted molar refractivity (Wildman–Crippen MR) is 27.6 cm³/mol. The summed E-state index contributed by atoms with van der Waals surface area (Å²) >= 11 is 0. The number of piperidine rings is 1. The smallest absolute Gasteiger partial charge is 0.149 e. The topological polar surface area (TPSA) is 40.5 Å². The molecule has 0 bridgehead atoms. The van der Waals surface area contributed by atoms with Crippen LogP contribution in [0.2, 0.25) is 0 Å². The van der Waals surface area contributed by atoms with E-state index in [-0.39, 0.29) is 12.3 Å². The van der Waals surface area contributed by atoms with Crippen LogP contribution in [0.3, 0.4) is 0 Å². The van der Waals surface area contributed by atoms with Crippen LogP contribution in [-0.4, -0.2) is 29.1 Å². The average Bonchev–Trinajstić information content (AvgIpc) is 1.64. The molecule has 0 radical (unpaired) electrons. The van der Waals surface area contributed by atoms with Crippen molar-refractivity contribution in [3.05, 3.63) is 0 Å². The van der Waals surface area contributed by atoms with Crippen LogP contribution in [0.5, 0.6) is 0 Å². The zero-order valence-electron chi connectivity index (χ0n) is 4.63. The van der Waals surface area contributed by atoms with Crippen LogP contribution in [0.15, 0.2) is 0 Å². The maximum absolute atomic E-state index is 10.5. The number of carbonyl (C=O) groups excluding carboxylic acids is 1. The summed E-state index contributed by atoms with van der Waals surface area (Å²) in [6.07, 6.45) is 1.44. The summed E-state index contributed by atoms with van der Waals surface area (Å²) in [7, 11) is 0. The second-order valence-corrected chi connectivity index (χ2v) is 2.03. The molecule has 0 aromatic rings. The van der Waals surface area contributed by atoms with Gasteiger partial charge in [-0.2, -0.15) is 5.06 Å². The Labute approximate surface area is 47.9 Å². The van der Waals surface area contributed by atoms with Crippen molar-refractivity contribution in [1.82, 2.24) is 5.06 Å². The fourth-order valence-corrected chi connectivity index (χ4v) is 0.820. The molecule has 1 aliphatic rings. The van der Waals surface area contributed by atoms with E-state index in [0.717, 1.165) is 11.5 Å². The minimum Gasteiger partial charge on any atom is -0.314 e. The molecule has 0 unspecified atom stereocenters. The van der Waals surface area contributed by atoms with Gasteiger partial charge in [0.2, 0.25) is 0 Å². The number of Topliss-reactive ketones (excluding diaryl/α,β-unsaturated/α-hetero) is 1. The van der Waals surface area contributed by atoms with Gasteiger partial charge in [-0.3, -0.25) is 4.79 Å². The fourth-order valence-electron chi connectivity index (χ4n) is 0.820. The number of carbonyl (C=O) groups is 1. The number of rotatable bonds is 0. The Morgan fingerprint density at radius 1 is 1.62 bits per heavy atom. The highest BCUT2D eigenvalue weighted by Crippen LogP contribution is 2.01. The van der Waals surface area contributed by atoms with E-state index in [9.17, 15) is 4.79 Å². The summed E-state index contributed by atoms with van der Waals surface area (Å²) in [5.41, 5.74) is 0. The fraction of sp³-hybridized carbons (Fsp3) is 0.800. The lowest BCUT2D eigenvalue weighted by atomic mass is 10.1. The monoisotopic (exact) mass is 115 g/mol. The van der Waals surface area contributed by atoms with Gasteiger partial charge in [-0.25, -0.2) is 0 Å². The molecule has 1 heterocycles. The molecule has 0 saturated carbocycles. The lowest BCUT2D eigenvalue weighted by molar-refractivity contribution is -0.143. The van der Waals surface area contributed by atoms with E-state index in [1.165, 1.54) is 0 Å². The Morgan fingerprint density at radius 2 is 2.38 bits per heavy atom. The van der Waals surface area contributed by atoms with Crippen molar-refractivity contribution in [1.29, 1.82) is 0 Å². The molecule has 0 amide bonds. The predicted octanol–water partition coefficient (Wildman–Crippen LogP) is 0.0405. The molecule has 3 heteroatoms. The van der Waals surface area contributed by atoms with Gasteiger partial charge >= 0.3 is 0 Å². The van der Waals surface area contributed by atoms with Gasteiger partial charge in [0.15, 0.2) is 0 Å².